The van der Waals surface area contributed by atoms with Crippen LogP contribution in [-0.4, -0.2) is 20.8 Å². The zero-order chi connectivity index (χ0) is 16.9. The van der Waals surface area contributed by atoms with Crippen LogP contribution in [0.5, 0.6) is 0 Å². The molecule has 0 aliphatic carbocycles. The zero-order valence-electron chi connectivity index (χ0n) is 12.9. The van der Waals surface area contributed by atoms with Gasteiger partial charge in [0.2, 0.25) is 0 Å². The lowest BCUT2D eigenvalue weighted by Gasteiger charge is -2.23. The van der Waals surface area contributed by atoms with Crippen molar-refractivity contribution in [1.82, 2.24) is 0 Å². The number of benzene rings is 2. The molecular weight excluding hydrogens is 337 g/mol. The molecule has 2 rings (SSSR count). The van der Waals surface area contributed by atoms with E-state index in [-0.39, 0.29) is 11.4 Å². The number of alkyl halides is 1. The van der Waals surface area contributed by atoms with Gasteiger partial charge in [0, 0.05) is 12.4 Å². The Bertz CT molecular complexity index is 747. The Balaban J connectivity index is 2.31. The fourth-order valence-electron chi connectivity index (χ4n) is 2.35. The van der Waals surface area contributed by atoms with E-state index in [0.29, 0.717) is 11.6 Å². The van der Waals surface area contributed by atoms with Crippen molar-refractivity contribution in [3.63, 3.8) is 0 Å². The molecule has 0 aliphatic rings. The summed E-state index contributed by atoms with van der Waals surface area (Å²) in [7, 11) is -3.72. The molecule has 2 aromatic rings. The highest BCUT2D eigenvalue weighted by Crippen LogP contribution is 2.24. The second-order valence-corrected chi connectivity index (χ2v) is 7.33. The Kier molecular flexibility index (Phi) is 6.02. The molecule has 0 bridgehead atoms. The summed E-state index contributed by atoms with van der Waals surface area (Å²) < 4.78 is 40.2. The summed E-state index contributed by atoms with van der Waals surface area (Å²) in [5.41, 5.74) is 1.36. The molecule has 0 aromatic heterocycles. The van der Waals surface area contributed by atoms with Crippen LogP contribution < -0.4 is 4.31 Å². The molecule has 0 radical (unpaired) electrons. The number of anilines is 1. The van der Waals surface area contributed by atoms with Crippen LogP contribution in [0.4, 0.5) is 10.1 Å². The second-order valence-electron chi connectivity index (χ2n) is 5.09. The molecule has 6 heteroatoms. The van der Waals surface area contributed by atoms with Crippen LogP contribution in [0.25, 0.3) is 0 Å². The summed E-state index contributed by atoms with van der Waals surface area (Å²) in [5.74, 6) is 0.107. The normalized spacial score (nSPS) is 11.4. The minimum absolute atomic E-state index is 0.193. The van der Waals surface area contributed by atoms with E-state index in [1.165, 1.54) is 22.5 Å². The Morgan fingerprint density at radius 2 is 1.83 bits per heavy atom. The number of halogens is 2. The van der Waals surface area contributed by atoms with E-state index in [2.05, 4.69) is 0 Å². The first-order valence-corrected chi connectivity index (χ1v) is 9.39. The van der Waals surface area contributed by atoms with Gasteiger partial charge < -0.3 is 0 Å². The van der Waals surface area contributed by atoms with Gasteiger partial charge in [-0.1, -0.05) is 18.2 Å². The maximum absolute atomic E-state index is 13.4. The van der Waals surface area contributed by atoms with Crippen molar-refractivity contribution in [3.8, 4) is 0 Å². The quantitative estimate of drug-likeness (QED) is 0.697. The molecule has 0 saturated carbocycles. The molecule has 0 amide bonds. The van der Waals surface area contributed by atoms with Gasteiger partial charge in [-0.2, -0.15) is 0 Å². The predicted molar refractivity (Wildman–Crippen MR) is 92.1 cm³/mol. The van der Waals surface area contributed by atoms with Crippen molar-refractivity contribution in [2.24, 2.45) is 0 Å². The van der Waals surface area contributed by atoms with E-state index in [1.807, 2.05) is 0 Å². The van der Waals surface area contributed by atoms with Gasteiger partial charge in [0.05, 0.1) is 10.6 Å². The summed E-state index contributed by atoms with van der Waals surface area (Å²) in [6, 6.07) is 12.3. The lowest BCUT2D eigenvalue weighted by molar-refractivity contribution is 0.591. The zero-order valence-corrected chi connectivity index (χ0v) is 14.4. The Morgan fingerprint density at radius 3 is 2.39 bits per heavy atom. The minimum Gasteiger partial charge on any atom is -0.267 e. The highest BCUT2D eigenvalue weighted by molar-refractivity contribution is 7.92. The number of sulfonamides is 1. The minimum atomic E-state index is -3.72. The molecule has 0 fully saturated rings. The monoisotopic (exact) mass is 355 g/mol. The molecule has 0 atom stereocenters. The van der Waals surface area contributed by atoms with Gasteiger partial charge in [-0.05, 0) is 55.7 Å². The average Bonchev–Trinajstić information content (AvgIpc) is 2.54. The molecule has 0 N–H and O–H groups in total. The molecule has 0 spiro atoms. The van der Waals surface area contributed by atoms with Crippen LogP contribution in [0.15, 0.2) is 53.4 Å². The van der Waals surface area contributed by atoms with Gasteiger partial charge in [0.25, 0.3) is 10.0 Å². The number of nitrogens with zero attached hydrogens (tertiary/aromatic N) is 1. The van der Waals surface area contributed by atoms with Crippen molar-refractivity contribution in [2.75, 3.05) is 16.7 Å². The fraction of sp³-hybridized carbons (Fsp3) is 0.294. The SMILES string of the molecule is CCN(c1cccc(F)c1)S(=O)(=O)c1ccc(CCCCl)cc1. The molecule has 0 unspecified atom stereocenters. The van der Waals surface area contributed by atoms with Crippen LogP contribution in [0.1, 0.15) is 18.9 Å². The van der Waals surface area contributed by atoms with Crippen molar-refractivity contribution >= 4 is 27.3 Å². The van der Waals surface area contributed by atoms with Gasteiger partial charge in [0.1, 0.15) is 5.82 Å². The first-order valence-electron chi connectivity index (χ1n) is 7.42. The first kappa shape index (κ1) is 17.8. The van der Waals surface area contributed by atoms with Gasteiger partial charge >= 0.3 is 0 Å². The largest absolute Gasteiger partial charge is 0.267 e. The van der Waals surface area contributed by atoms with Crippen LogP contribution in [0.2, 0.25) is 0 Å². The van der Waals surface area contributed by atoms with E-state index >= 15 is 0 Å². The molecule has 2 aromatic carbocycles. The maximum Gasteiger partial charge on any atom is 0.264 e. The van der Waals surface area contributed by atoms with Gasteiger partial charge in [-0.25, -0.2) is 12.8 Å². The topological polar surface area (TPSA) is 37.4 Å². The highest BCUT2D eigenvalue weighted by atomic mass is 35.5. The molecule has 23 heavy (non-hydrogen) atoms. The third-order valence-corrected chi connectivity index (χ3v) is 5.68. The van der Waals surface area contributed by atoms with E-state index in [0.717, 1.165) is 18.4 Å². The van der Waals surface area contributed by atoms with Crippen LogP contribution in [0, 0.1) is 5.82 Å². The van der Waals surface area contributed by atoms with Crippen molar-refractivity contribution < 1.29 is 12.8 Å². The number of hydrogen-bond acceptors (Lipinski definition) is 2. The summed E-state index contributed by atoms with van der Waals surface area (Å²) in [5, 5.41) is 0. The second kappa shape index (κ2) is 7.79. The van der Waals surface area contributed by atoms with E-state index < -0.39 is 15.8 Å². The molecule has 124 valence electrons. The van der Waals surface area contributed by atoms with Gasteiger partial charge in [-0.3, -0.25) is 4.31 Å². The predicted octanol–water partition coefficient (Wildman–Crippen LogP) is 4.21. The Hall–Kier alpha value is -1.59. The van der Waals surface area contributed by atoms with Gasteiger partial charge in [-0.15, -0.1) is 11.6 Å². The number of hydrogen-bond donors (Lipinski definition) is 0. The molecular formula is C17H19ClFNO2S. The summed E-state index contributed by atoms with van der Waals surface area (Å²) >= 11 is 5.66. The van der Waals surface area contributed by atoms with Crippen molar-refractivity contribution in [3.05, 3.63) is 59.9 Å². The molecule has 0 saturated heterocycles. The van der Waals surface area contributed by atoms with Gasteiger partial charge in [0.15, 0.2) is 0 Å². The Morgan fingerprint density at radius 1 is 1.13 bits per heavy atom. The number of rotatable bonds is 7. The smallest absolute Gasteiger partial charge is 0.264 e. The highest BCUT2D eigenvalue weighted by Gasteiger charge is 2.23. The average molecular weight is 356 g/mol. The lowest BCUT2D eigenvalue weighted by atomic mass is 10.1. The van der Waals surface area contributed by atoms with E-state index in [9.17, 15) is 12.8 Å². The van der Waals surface area contributed by atoms with Crippen LogP contribution in [-0.2, 0) is 16.4 Å². The molecule has 0 aliphatic heterocycles. The summed E-state index contributed by atoms with van der Waals surface area (Å²) in [6.45, 7) is 1.94. The third kappa shape index (κ3) is 4.24. The first-order chi connectivity index (χ1) is 11.0. The van der Waals surface area contributed by atoms with E-state index in [4.69, 9.17) is 11.6 Å². The summed E-state index contributed by atoms with van der Waals surface area (Å²) in [6.07, 6.45) is 1.66. The summed E-state index contributed by atoms with van der Waals surface area (Å²) in [4.78, 5) is 0.193. The van der Waals surface area contributed by atoms with Crippen LogP contribution in [0.3, 0.4) is 0 Å². The standard InChI is InChI=1S/C17H19ClFNO2S/c1-2-20(16-7-3-6-15(19)13-16)23(21,22)17-10-8-14(9-11-17)5-4-12-18/h3,6-11,13H,2,4-5,12H2,1H3. The molecule has 0 heterocycles. The number of aryl methyl sites for hydroxylation is 1. The van der Waals surface area contributed by atoms with Crippen LogP contribution >= 0.6 is 11.6 Å². The van der Waals surface area contributed by atoms with E-state index in [1.54, 1.807) is 37.3 Å². The fourth-order valence-corrected chi connectivity index (χ4v) is 3.95. The third-order valence-electron chi connectivity index (χ3n) is 3.49. The maximum atomic E-state index is 13.4. The molecule has 3 nitrogen and oxygen atoms in total. The lowest BCUT2D eigenvalue weighted by Crippen LogP contribution is -2.30. The van der Waals surface area contributed by atoms with Crippen molar-refractivity contribution in [2.45, 2.75) is 24.7 Å². The van der Waals surface area contributed by atoms with Crippen molar-refractivity contribution in [1.29, 1.82) is 0 Å². The Labute approximate surface area is 141 Å².